The van der Waals surface area contributed by atoms with Crippen molar-refractivity contribution in [3.05, 3.63) is 54.6 Å². The third-order valence-electron chi connectivity index (χ3n) is 5.31. The van der Waals surface area contributed by atoms with Crippen LogP contribution in [-0.2, 0) is 6.54 Å². The number of likely N-dealkylation sites (tertiary alicyclic amines) is 1. The molecule has 1 aliphatic rings. The molecule has 4 rings (SSSR count). The van der Waals surface area contributed by atoms with Crippen LogP contribution >= 0.6 is 0 Å². The quantitative estimate of drug-likeness (QED) is 0.716. The topological polar surface area (TPSA) is 38.9 Å². The van der Waals surface area contributed by atoms with E-state index < -0.39 is 0 Å². The first-order valence-corrected chi connectivity index (χ1v) is 9.05. The Morgan fingerprint density at radius 2 is 2.12 bits per heavy atom. The van der Waals surface area contributed by atoms with Crippen molar-refractivity contribution in [2.45, 2.75) is 38.8 Å². The second-order valence-corrected chi connectivity index (χ2v) is 6.96. The number of benzene rings is 1. The summed E-state index contributed by atoms with van der Waals surface area (Å²) in [5.74, 6) is 1.06. The van der Waals surface area contributed by atoms with E-state index >= 15 is 0 Å². The Morgan fingerprint density at radius 1 is 1.20 bits per heavy atom. The number of rotatable bonds is 5. The number of hydrogen-bond donors (Lipinski definition) is 0. The summed E-state index contributed by atoms with van der Waals surface area (Å²) in [5, 5.41) is 4.31. The van der Waals surface area contributed by atoms with Gasteiger partial charge in [-0.05, 0) is 69.6 Å². The monoisotopic (exact) mass is 335 g/mol. The van der Waals surface area contributed by atoms with Crippen molar-refractivity contribution < 1.29 is 0 Å². The van der Waals surface area contributed by atoms with E-state index in [0.717, 1.165) is 18.1 Å². The van der Waals surface area contributed by atoms with Crippen molar-refractivity contribution in [1.29, 1.82) is 0 Å². The fourth-order valence-electron chi connectivity index (χ4n) is 3.83. The molecule has 0 spiro atoms. The fraction of sp³-hybridized carbons (Fsp3) is 0.400. The molecule has 130 valence electrons. The van der Waals surface area contributed by atoms with Crippen molar-refractivity contribution >= 4 is 0 Å². The van der Waals surface area contributed by atoms with Crippen molar-refractivity contribution in [2.24, 2.45) is 0 Å². The molecule has 1 unspecified atom stereocenters. The molecule has 1 fully saturated rings. The van der Waals surface area contributed by atoms with E-state index in [-0.39, 0.29) is 0 Å². The van der Waals surface area contributed by atoms with Gasteiger partial charge in [0.15, 0.2) is 0 Å². The molecule has 1 aliphatic heterocycles. The third-order valence-corrected chi connectivity index (χ3v) is 5.31. The minimum atomic E-state index is 0.707. The molecular weight excluding hydrogens is 310 g/mol. The number of nitrogens with zero attached hydrogens (tertiary/aromatic N) is 5. The van der Waals surface area contributed by atoms with Crippen LogP contribution in [0.15, 0.2) is 49.1 Å². The summed E-state index contributed by atoms with van der Waals surface area (Å²) in [7, 11) is 2.24. The second kappa shape index (κ2) is 6.84. The Hall–Kier alpha value is -2.40. The molecule has 2 aromatic heterocycles. The van der Waals surface area contributed by atoms with Crippen LogP contribution in [0.2, 0.25) is 0 Å². The average Bonchev–Trinajstić information content (AvgIpc) is 3.35. The van der Waals surface area contributed by atoms with E-state index in [4.69, 9.17) is 0 Å². The summed E-state index contributed by atoms with van der Waals surface area (Å²) in [6.07, 6.45) is 11.6. The van der Waals surface area contributed by atoms with E-state index in [1.54, 1.807) is 6.20 Å². The molecule has 1 atom stereocenters. The number of imidazole rings is 1. The van der Waals surface area contributed by atoms with Crippen LogP contribution in [0, 0.1) is 6.92 Å². The summed E-state index contributed by atoms with van der Waals surface area (Å²) < 4.78 is 4.18. The van der Waals surface area contributed by atoms with Gasteiger partial charge in [-0.15, -0.1) is 0 Å². The number of hydrogen-bond acceptors (Lipinski definition) is 3. The van der Waals surface area contributed by atoms with Gasteiger partial charge >= 0.3 is 0 Å². The Bertz CT molecular complexity index is 834. The first kappa shape index (κ1) is 16.1. The summed E-state index contributed by atoms with van der Waals surface area (Å²) >= 11 is 0. The molecule has 5 nitrogen and oxygen atoms in total. The van der Waals surface area contributed by atoms with Crippen LogP contribution < -0.4 is 0 Å². The molecule has 1 aromatic carbocycles. The predicted octanol–water partition coefficient (Wildman–Crippen LogP) is 3.53. The van der Waals surface area contributed by atoms with E-state index in [1.807, 2.05) is 23.1 Å². The van der Waals surface area contributed by atoms with Crippen LogP contribution in [0.1, 0.15) is 24.8 Å². The van der Waals surface area contributed by atoms with Crippen molar-refractivity contribution in [2.75, 3.05) is 13.6 Å². The SMILES string of the molecule is Cc1cc(-n2cccn2)ccc1-c1nccn1CCC1CCCN1C. The van der Waals surface area contributed by atoms with Gasteiger partial charge in [0.25, 0.3) is 0 Å². The highest BCUT2D eigenvalue weighted by Gasteiger charge is 2.21. The minimum Gasteiger partial charge on any atom is -0.331 e. The number of aromatic nitrogens is 4. The summed E-state index contributed by atoms with van der Waals surface area (Å²) in [4.78, 5) is 7.12. The molecule has 3 heterocycles. The van der Waals surface area contributed by atoms with Crippen molar-refractivity contribution in [3.8, 4) is 17.1 Å². The zero-order valence-corrected chi connectivity index (χ0v) is 15.0. The van der Waals surface area contributed by atoms with Gasteiger partial charge in [-0.25, -0.2) is 9.67 Å². The molecule has 5 heteroatoms. The molecule has 0 saturated carbocycles. The fourth-order valence-corrected chi connectivity index (χ4v) is 3.83. The maximum absolute atomic E-state index is 4.63. The zero-order chi connectivity index (χ0) is 17.2. The van der Waals surface area contributed by atoms with Gasteiger partial charge < -0.3 is 9.47 Å². The summed E-state index contributed by atoms with van der Waals surface area (Å²) in [6.45, 7) is 4.40. The van der Waals surface area contributed by atoms with Gasteiger partial charge in [0.1, 0.15) is 5.82 Å². The molecular formula is C20H25N5. The lowest BCUT2D eigenvalue weighted by Gasteiger charge is -2.20. The average molecular weight is 335 g/mol. The van der Waals surface area contributed by atoms with Crippen LogP contribution in [0.3, 0.4) is 0 Å². The van der Waals surface area contributed by atoms with Crippen molar-refractivity contribution in [3.63, 3.8) is 0 Å². The minimum absolute atomic E-state index is 0.707. The summed E-state index contributed by atoms with van der Waals surface area (Å²) in [6, 6.07) is 9.09. The van der Waals surface area contributed by atoms with E-state index in [2.05, 4.69) is 57.9 Å². The van der Waals surface area contributed by atoms with Gasteiger partial charge in [0.05, 0.1) is 5.69 Å². The smallest absolute Gasteiger partial charge is 0.140 e. The highest BCUT2D eigenvalue weighted by atomic mass is 15.3. The molecule has 3 aromatic rings. The van der Waals surface area contributed by atoms with Gasteiger partial charge in [0, 0.05) is 42.9 Å². The Balaban J connectivity index is 1.55. The molecule has 0 bridgehead atoms. The van der Waals surface area contributed by atoms with Crippen LogP contribution in [0.4, 0.5) is 0 Å². The van der Waals surface area contributed by atoms with Gasteiger partial charge in [-0.1, -0.05) is 0 Å². The summed E-state index contributed by atoms with van der Waals surface area (Å²) in [5.41, 5.74) is 3.50. The maximum atomic E-state index is 4.63. The molecule has 25 heavy (non-hydrogen) atoms. The van der Waals surface area contributed by atoms with E-state index in [1.165, 1.54) is 36.9 Å². The standard InChI is InChI=1S/C20H25N5/c1-16-15-18(25-12-4-9-22-25)6-7-19(16)20-21-10-14-24(20)13-8-17-5-3-11-23(17)2/h4,6-7,9-10,12,14-15,17H,3,5,8,11,13H2,1-2H3. The maximum Gasteiger partial charge on any atom is 0.140 e. The second-order valence-electron chi connectivity index (χ2n) is 6.96. The Labute approximate surface area is 148 Å². The molecule has 1 saturated heterocycles. The first-order valence-electron chi connectivity index (χ1n) is 9.05. The highest BCUT2D eigenvalue weighted by molar-refractivity contribution is 5.62. The lowest BCUT2D eigenvalue weighted by atomic mass is 10.1. The molecule has 0 aliphatic carbocycles. The normalized spacial score (nSPS) is 18.1. The Kier molecular flexibility index (Phi) is 4.40. The van der Waals surface area contributed by atoms with Crippen LogP contribution in [0.5, 0.6) is 0 Å². The van der Waals surface area contributed by atoms with Gasteiger partial charge in [-0.3, -0.25) is 0 Å². The molecule has 0 amide bonds. The lowest BCUT2D eigenvalue weighted by Crippen LogP contribution is -2.26. The number of aryl methyl sites for hydroxylation is 2. The van der Waals surface area contributed by atoms with E-state index in [0.29, 0.717) is 6.04 Å². The van der Waals surface area contributed by atoms with E-state index in [9.17, 15) is 0 Å². The zero-order valence-electron chi connectivity index (χ0n) is 15.0. The highest BCUT2D eigenvalue weighted by Crippen LogP contribution is 2.25. The first-order chi connectivity index (χ1) is 12.2. The van der Waals surface area contributed by atoms with Crippen molar-refractivity contribution in [1.82, 2.24) is 24.2 Å². The van der Waals surface area contributed by atoms with Gasteiger partial charge in [-0.2, -0.15) is 5.10 Å². The van der Waals surface area contributed by atoms with Crippen LogP contribution in [-0.4, -0.2) is 43.9 Å². The van der Waals surface area contributed by atoms with Crippen LogP contribution in [0.25, 0.3) is 17.1 Å². The molecule has 0 radical (unpaired) electrons. The third kappa shape index (κ3) is 3.24. The largest absolute Gasteiger partial charge is 0.331 e. The van der Waals surface area contributed by atoms with Gasteiger partial charge in [0.2, 0.25) is 0 Å². The predicted molar refractivity (Wildman–Crippen MR) is 99.8 cm³/mol. The molecule has 0 N–H and O–H groups in total. The Morgan fingerprint density at radius 3 is 2.84 bits per heavy atom. The lowest BCUT2D eigenvalue weighted by molar-refractivity contribution is 0.286.